The molecule has 0 saturated carbocycles. The molecule has 20 nitrogen and oxygen atoms in total. The third-order valence-corrected chi connectivity index (χ3v) is 22.7. The van der Waals surface area contributed by atoms with Gasteiger partial charge in [0.05, 0.1) is 16.9 Å². The second kappa shape index (κ2) is 91.2. The molecule has 9 heterocycles. The van der Waals surface area contributed by atoms with E-state index in [9.17, 15) is 19.2 Å². The molecule has 1 saturated heterocycles. The Balaban J connectivity index is -0.000000209. The van der Waals surface area contributed by atoms with E-state index in [4.69, 9.17) is 34.3 Å². The third kappa shape index (κ3) is 50.9. The smallest absolute Gasteiger partial charge is 0.427 e. The first-order chi connectivity index (χ1) is 66.6. The van der Waals surface area contributed by atoms with Crippen LogP contribution in [0.2, 0.25) is 6.32 Å². The van der Waals surface area contributed by atoms with Gasteiger partial charge in [-0.25, -0.2) is 19.9 Å². The van der Waals surface area contributed by atoms with Gasteiger partial charge in [-0.3, -0.25) is 19.2 Å². The molecule has 13 rings (SSSR count). The Morgan fingerprint density at radius 2 is 0.589 bits per heavy atom. The number of anilines is 4. The van der Waals surface area contributed by atoms with Crippen molar-refractivity contribution in [2.45, 2.75) is 405 Å². The predicted octanol–water partition coefficient (Wildman–Crippen LogP) is 29.9. The predicted molar refractivity (Wildman–Crippen MR) is 646 cm³/mol. The molecule has 4 aromatic carbocycles. The van der Waals surface area contributed by atoms with Crippen LogP contribution in [0.15, 0.2) is 126 Å². The number of hydrogen-bond acceptors (Lipinski definition) is 16. The van der Waals surface area contributed by atoms with E-state index in [1.165, 1.54) is 59.1 Å². The zero-order chi connectivity index (χ0) is 107. The van der Waals surface area contributed by atoms with Crippen LogP contribution in [0.3, 0.4) is 0 Å². The van der Waals surface area contributed by atoms with Crippen molar-refractivity contribution < 1.29 is 38.5 Å². The van der Waals surface area contributed by atoms with Crippen LogP contribution in [-0.2, 0) is 74.0 Å². The first kappa shape index (κ1) is 151. The summed E-state index contributed by atoms with van der Waals surface area (Å²) in [6, 6.07) is 40.7. The lowest BCUT2D eigenvalue weighted by Gasteiger charge is -2.32. The molecule has 25 heteroatoms. The summed E-state index contributed by atoms with van der Waals surface area (Å²) in [7, 11) is 5.18. The highest BCUT2D eigenvalue weighted by Gasteiger charge is 2.52. The number of hydrogen-bond donors (Lipinski definition) is 6. The summed E-state index contributed by atoms with van der Waals surface area (Å²) in [5, 5.41) is 27.2. The van der Waals surface area contributed by atoms with Crippen molar-refractivity contribution in [3.63, 3.8) is 0 Å². The number of benzene rings is 4. The van der Waals surface area contributed by atoms with E-state index < -0.39 is 14.2 Å². The molecule has 4 aromatic heterocycles. The number of unbranched alkanes of at least 4 members (excludes halogenated alkanes) is 2. The first-order valence-electron chi connectivity index (χ1n) is 53.2. The van der Waals surface area contributed by atoms with Gasteiger partial charge >= 0.3 is 14.2 Å². The number of amides is 4. The van der Waals surface area contributed by atoms with Crippen LogP contribution in [0.25, 0.3) is 0 Å². The summed E-state index contributed by atoms with van der Waals surface area (Å²) >= 11 is 3.49. The lowest BCUT2D eigenvalue weighted by Crippen LogP contribution is -2.41. The number of fused-ring (bicyclic) bond motifs is 4. The van der Waals surface area contributed by atoms with Gasteiger partial charge < -0.3 is 60.2 Å². The fourth-order valence-electron chi connectivity index (χ4n) is 14.0. The average Bonchev–Trinajstić information content (AvgIpc) is 1.62. The highest BCUT2D eigenvalue weighted by atomic mass is 127. The Labute approximate surface area is 908 Å². The largest absolute Gasteiger partial charge is 0.496 e. The number of nitrogens with one attached hydrogen (secondary N) is 4. The topological polar surface area (TPSA) is 240 Å². The fourth-order valence-corrected chi connectivity index (χ4v) is 14.2. The van der Waals surface area contributed by atoms with E-state index in [0.29, 0.717) is 19.4 Å². The van der Waals surface area contributed by atoms with Crippen molar-refractivity contribution in [3.05, 3.63) is 226 Å². The molecule has 0 unspecified atom stereocenters. The maximum atomic E-state index is 12.3. The number of carbonyl (C=O) groups is 4. The summed E-state index contributed by atoms with van der Waals surface area (Å²) < 4.78 is 13.4. The Morgan fingerprint density at radius 3 is 0.787 bits per heavy atom. The lowest BCUT2D eigenvalue weighted by atomic mass is 9.78. The quantitative estimate of drug-likeness (QED) is 0.0367. The molecule has 0 radical (unpaired) electrons. The maximum absolute atomic E-state index is 12.3. The highest BCUT2D eigenvalue weighted by Crippen LogP contribution is 2.38. The van der Waals surface area contributed by atoms with Crippen LogP contribution < -0.4 is 46.3 Å². The number of carbonyl (C=O) groups excluding carboxylic acids is 4. The zero-order valence-corrected chi connectivity index (χ0v) is 103. The molecule has 5 aliphatic rings. The molecule has 5 aliphatic heterocycles. The summed E-state index contributed by atoms with van der Waals surface area (Å²) in [5.74, 6) is 3.76. The van der Waals surface area contributed by atoms with Gasteiger partial charge in [0.15, 0.2) is 0 Å². The number of nitrogens with zero attached hydrogens (tertiary/aromatic N) is 8. The van der Waals surface area contributed by atoms with Crippen molar-refractivity contribution >= 4 is 130 Å². The van der Waals surface area contributed by atoms with E-state index in [1.54, 1.807) is 28.2 Å². The molecule has 4 amide bonds. The van der Waals surface area contributed by atoms with E-state index in [-0.39, 0.29) is 90.2 Å². The number of rotatable bonds is 17. The number of aromatic nitrogens is 4. The Bertz CT molecular complexity index is 4370. The second-order valence-electron chi connectivity index (χ2n) is 30.5. The molecular weight excluding hydrogens is 2040 g/mol. The molecule has 1 fully saturated rings. The third-order valence-electron chi connectivity index (χ3n) is 21.8. The standard InChI is InChI=1S/C23H30BN3O3.2C20H25N3O.C17H18BrN3O.2C4H10.C3H9BO2.12C2H6.CH4.2HI/c1-15-19(24-29-22(2,3)23(4,5)30-24)10-11-20(26-15)27-13-12-16-8-7-9-17(18(16)14-27)21(28)25-6;2*1-4-6-15-9-10-19(22-14(15)2)23-12-11-16-7-5-8-17(18(16)13-23)20(24)21-3;1-11-15(18)6-7-16(20-11)21-9-8-12-4-3-5-13(14(12)10-21)17(22)19-2;2*1-3-4-2;1-2-3-4(5)6;12*1-2;;;/h7-11H,12-14H2,1-6H3,(H,25,28);2*5,7-10H,4,6,11-13H2,1-3H3,(H,21,24);3-7H,8-10H2,1-2H3,(H,19,22);2*3-4H2,1-2H3;5-6H,2-3H2,1H3;12*1-2H3;1H4;2*1H. The van der Waals surface area contributed by atoms with E-state index in [0.717, 1.165) is 198 Å². The Morgan fingerprint density at radius 1 is 0.355 bits per heavy atom. The molecule has 0 atom stereocenters. The van der Waals surface area contributed by atoms with Gasteiger partial charge in [0.1, 0.15) is 23.3 Å². The molecule has 804 valence electrons. The summed E-state index contributed by atoms with van der Waals surface area (Å²) in [6.07, 6.45) is 14.7. The molecule has 6 N–H and O–H groups in total. The van der Waals surface area contributed by atoms with Gasteiger partial charge in [-0.15, -0.1) is 48.0 Å². The highest BCUT2D eigenvalue weighted by molar-refractivity contribution is 14.0. The monoisotopic (exact) mass is 2250 g/mol. The van der Waals surface area contributed by atoms with Crippen LogP contribution in [0, 0.1) is 27.7 Å². The number of halogens is 3. The van der Waals surface area contributed by atoms with Crippen molar-refractivity contribution in [2.75, 3.05) is 74.0 Å². The van der Waals surface area contributed by atoms with E-state index >= 15 is 0 Å². The molecule has 141 heavy (non-hydrogen) atoms. The van der Waals surface area contributed by atoms with E-state index in [1.807, 2.05) is 254 Å². The first-order valence-corrected chi connectivity index (χ1v) is 54.0. The Kier molecular flexibility index (Phi) is 97.8. The maximum Gasteiger partial charge on any atom is 0.496 e. The fraction of sp³-hybridized carbons (Fsp3) is 0.586. The van der Waals surface area contributed by atoms with Crippen LogP contribution in [0.5, 0.6) is 0 Å². The zero-order valence-electron chi connectivity index (χ0n) is 96.4. The van der Waals surface area contributed by atoms with Crippen molar-refractivity contribution in [1.29, 1.82) is 0 Å². The van der Waals surface area contributed by atoms with Crippen LogP contribution in [0.1, 0.15) is 415 Å². The minimum Gasteiger partial charge on any atom is -0.427 e. The van der Waals surface area contributed by atoms with Crippen LogP contribution >= 0.6 is 63.9 Å². The van der Waals surface area contributed by atoms with Gasteiger partial charge in [-0.1, -0.05) is 334 Å². The van der Waals surface area contributed by atoms with Gasteiger partial charge in [0.25, 0.3) is 23.6 Å². The minimum atomic E-state index is -1.10. The van der Waals surface area contributed by atoms with Gasteiger partial charge in [0.2, 0.25) is 0 Å². The summed E-state index contributed by atoms with van der Waals surface area (Å²) in [6.45, 7) is 85.9. The summed E-state index contributed by atoms with van der Waals surface area (Å²) in [4.78, 5) is 76.8. The van der Waals surface area contributed by atoms with Crippen molar-refractivity contribution in [2.24, 2.45) is 0 Å². The molecule has 0 bridgehead atoms. The van der Waals surface area contributed by atoms with Gasteiger partial charge in [-0.2, -0.15) is 0 Å². The van der Waals surface area contributed by atoms with Crippen LogP contribution in [-0.4, -0.2) is 133 Å². The summed E-state index contributed by atoms with van der Waals surface area (Å²) in [5.41, 5.74) is 19.5. The normalized spacial score (nSPS) is 12.2. The minimum absolute atomic E-state index is 0. The lowest BCUT2D eigenvalue weighted by molar-refractivity contribution is 0.00578. The van der Waals surface area contributed by atoms with Gasteiger partial charge in [-0.05, 0) is 226 Å². The molecule has 0 aliphatic carbocycles. The molecular formula is C116H205B2BrI2N12O8. The Hall–Kier alpha value is -7.53. The second-order valence-corrected chi connectivity index (χ2v) is 31.4. The van der Waals surface area contributed by atoms with E-state index in [2.05, 4.69) is 199 Å². The average molecular weight is 2250 g/mol. The number of aryl methyl sites for hydroxylation is 6. The number of pyridine rings is 4. The van der Waals surface area contributed by atoms with Gasteiger partial charge in [0, 0.05) is 130 Å². The molecule has 8 aromatic rings. The van der Waals surface area contributed by atoms with Crippen molar-refractivity contribution in [1.82, 2.24) is 41.2 Å². The SMILES string of the molecule is C.CC.CC.CC.CC.CC.CC.CC.CC.CC.CC.CC.CC.CCCB(O)O.CCCC.CCCC.CCCc1ccc(N2CCc3cccc(C(=O)NC)c3C2)nc1C.CCCc1ccc(N2CCc3cccc(C(=O)NC)c3C2)nc1C.CNC(=O)c1cccc2c1CN(c1ccc(B3OC(C)(C)C(C)(C)O3)c(C)n1)CC2.CNC(=O)c1cccc2c1CN(c1ccc(Br)c(C)n1)CC2.I.I. The van der Waals surface area contributed by atoms with Crippen molar-refractivity contribution in [3.8, 4) is 0 Å². The van der Waals surface area contributed by atoms with Crippen LogP contribution in [0.4, 0.5) is 23.3 Å². The molecule has 0 spiro atoms.